The second-order valence-corrected chi connectivity index (χ2v) is 6.03. The molecular weight excluding hydrogens is 212 g/mol. The summed E-state index contributed by atoms with van der Waals surface area (Å²) in [5, 5.41) is 3.23. The summed E-state index contributed by atoms with van der Waals surface area (Å²) in [6.07, 6.45) is 8.28. The molecule has 1 atom stereocenters. The normalized spacial score (nSPS) is 30.1. The van der Waals surface area contributed by atoms with Crippen molar-refractivity contribution in [3.63, 3.8) is 0 Å². The van der Waals surface area contributed by atoms with Gasteiger partial charge in [-0.1, -0.05) is 12.8 Å². The van der Waals surface area contributed by atoms with Crippen LogP contribution in [0.1, 0.15) is 51.9 Å². The topological polar surface area (TPSA) is 32.3 Å². The Kier molecular flexibility index (Phi) is 4.08. The Bertz CT molecular complexity index is 273. The molecule has 1 saturated carbocycles. The highest BCUT2D eigenvalue weighted by Crippen LogP contribution is 2.33. The van der Waals surface area contributed by atoms with E-state index in [9.17, 15) is 4.79 Å². The van der Waals surface area contributed by atoms with Gasteiger partial charge in [0.25, 0.3) is 0 Å². The van der Waals surface area contributed by atoms with E-state index in [0.29, 0.717) is 11.8 Å². The van der Waals surface area contributed by atoms with Crippen LogP contribution in [0.3, 0.4) is 0 Å². The lowest BCUT2D eigenvalue weighted by Crippen LogP contribution is -2.51. The lowest BCUT2D eigenvalue weighted by atomic mass is 9.97. The molecule has 0 aromatic heterocycles. The predicted molar refractivity (Wildman–Crippen MR) is 69.9 cm³/mol. The first-order chi connectivity index (χ1) is 8.15. The van der Waals surface area contributed by atoms with Crippen molar-refractivity contribution in [2.45, 2.75) is 57.4 Å². The first-order valence-corrected chi connectivity index (χ1v) is 7.11. The first kappa shape index (κ1) is 12.9. The number of carbonyl (C=O) groups is 1. The molecule has 1 N–H and O–H groups in total. The molecule has 2 rings (SSSR count). The number of hydrogen-bond donors (Lipinski definition) is 1. The number of likely N-dealkylation sites (N-methyl/N-ethyl adjacent to an activating group) is 1. The van der Waals surface area contributed by atoms with Crippen LogP contribution >= 0.6 is 0 Å². The van der Waals surface area contributed by atoms with Gasteiger partial charge in [0.1, 0.15) is 0 Å². The number of likely N-dealkylation sites (tertiary alicyclic amines) is 1. The largest absolute Gasteiger partial charge is 0.336 e. The second-order valence-electron chi connectivity index (χ2n) is 6.03. The highest BCUT2D eigenvalue weighted by Gasteiger charge is 2.39. The van der Waals surface area contributed by atoms with Crippen LogP contribution in [0.4, 0.5) is 0 Å². The van der Waals surface area contributed by atoms with Gasteiger partial charge < -0.3 is 10.2 Å². The van der Waals surface area contributed by atoms with Crippen molar-refractivity contribution >= 4 is 5.91 Å². The number of hydrogen-bond acceptors (Lipinski definition) is 2. The van der Waals surface area contributed by atoms with E-state index in [1.807, 2.05) is 7.05 Å². The summed E-state index contributed by atoms with van der Waals surface area (Å²) in [7, 11) is 1.98. The number of amides is 1. The minimum atomic E-state index is 0.0600. The predicted octanol–water partition coefficient (Wildman–Crippen LogP) is 2.17. The third-order valence-corrected chi connectivity index (χ3v) is 4.55. The smallest absolute Gasteiger partial charge is 0.223 e. The highest BCUT2D eigenvalue weighted by atomic mass is 16.2. The van der Waals surface area contributed by atoms with Crippen LogP contribution in [-0.4, -0.2) is 36.5 Å². The van der Waals surface area contributed by atoms with Crippen molar-refractivity contribution in [1.29, 1.82) is 0 Å². The monoisotopic (exact) mass is 238 g/mol. The van der Waals surface area contributed by atoms with E-state index in [4.69, 9.17) is 0 Å². The molecule has 3 nitrogen and oxygen atoms in total. The summed E-state index contributed by atoms with van der Waals surface area (Å²) >= 11 is 0. The molecule has 17 heavy (non-hydrogen) atoms. The number of nitrogens with one attached hydrogen (secondary N) is 1. The lowest BCUT2D eigenvalue weighted by molar-refractivity contribution is -0.135. The van der Waals surface area contributed by atoms with E-state index >= 15 is 0 Å². The fraction of sp³-hybridized carbons (Fsp3) is 0.929. The summed E-state index contributed by atoms with van der Waals surface area (Å²) in [5.41, 5.74) is 0.0600. The van der Waals surface area contributed by atoms with E-state index < -0.39 is 0 Å². The van der Waals surface area contributed by atoms with Gasteiger partial charge in [-0.15, -0.1) is 0 Å². The van der Waals surface area contributed by atoms with Gasteiger partial charge in [0, 0.05) is 19.5 Å². The van der Waals surface area contributed by atoms with Crippen molar-refractivity contribution in [2.24, 2.45) is 5.92 Å². The fourth-order valence-corrected chi connectivity index (χ4v) is 3.58. The van der Waals surface area contributed by atoms with Crippen molar-refractivity contribution < 1.29 is 4.79 Å². The SMILES string of the molecule is CNCC1(C)CCCN1C(=O)CC1CCCC1. The Balaban J connectivity index is 1.93. The zero-order chi connectivity index (χ0) is 12.3. The summed E-state index contributed by atoms with van der Waals surface area (Å²) in [5.74, 6) is 1.06. The second kappa shape index (κ2) is 5.38. The zero-order valence-electron chi connectivity index (χ0n) is 11.3. The Morgan fingerprint density at radius 1 is 1.35 bits per heavy atom. The van der Waals surface area contributed by atoms with Crippen molar-refractivity contribution in [3.05, 3.63) is 0 Å². The highest BCUT2D eigenvalue weighted by molar-refractivity contribution is 5.77. The van der Waals surface area contributed by atoms with Crippen LogP contribution in [0.25, 0.3) is 0 Å². The van der Waals surface area contributed by atoms with Crippen molar-refractivity contribution in [3.8, 4) is 0 Å². The Morgan fingerprint density at radius 2 is 2.06 bits per heavy atom. The average molecular weight is 238 g/mol. The lowest BCUT2D eigenvalue weighted by Gasteiger charge is -2.36. The Morgan fingerprint density at radius 3 is 2.71 bits per heavy atom. The van der Waals surface area contributed by atoms with E-state index in [0.717, 1.165) is 32.4 Å². The first-order valence-electron chi connectivity index (χ1n) is 7.11. The third kappa shape index (κ3) is 2.82. The molecule has 0 bridgehead atoms. The van der Waals surface area contributed by atoms with E-state index in [-0.39, 0.29) is 5.54 Å². The minimum absolute atomic E-state index is 0.0600. The van der Waals surface area contributed by atoms with Gasteiger partial charge in [0.15, 0.2) is 0 Å². The third-order valence-electron chi connectivity index (χ3n) is 4.55. The molecule has 1 saturated heterocycles. The molecule has 0 aromatic carbocycles. The summed E-state index contributed by atoms with van der Waals surface area (Å²) in [6, 6.07) is 0. The van der Waals surface area contributed by atoms with E-state index in [2.05, 4.69) is 17.1 Å². The fourth-order valence-electron chi connectivity index (χ4n) is 3.58. The molecule has 1 unspecified atom stereocenters. The average Bonchev–Trinajstić information content (AvgIpc) is 2.88. The van der Waals surface area contributed by atoms with Gasteiger partial charge in [-0.2, -0.15) is 0 Å². The maximum Gasteiger partial charge on any atom is 0.223 e. The van der Waals surface area contributed by atoms with Crippen LogP contribution in [-0.2, 0) is 4.79 Å². The molecule has 1 amide bonds. The summed E-state index contributed by atoms with van der Waals surface area (Å²) < 4.78 is 0. The van der Waals surface area contributed by atoms with Crippen LogP contribution in [0.2, 0.25) is 0 Å². The molecule has 1 aliphatic heterocycles. The molecule has 2 aliphatic rings. The van der Waals surface area contributed by atoms with Gasteiger partial charge in [0.05, 0.1) is 5.54 Å². The quantitative estimate of drug-likeness (QED) is 0.814. The molecule has 98 valence electrons. The van der Waals surface area contributed by atoms with Crippen LogP contribution in [0.15, 0.2) is 0 Å². The van der Waals surface area contributed by atoms with E-state index in [1.165, 1.54) is 25.7 Å². The molecule has 0 spiro atoms. The molecular formula is C14H26N2O. The molecule has 3 heteroatoms. The summed E-state index contributed by atoms with van der Waals surface area (Å²) in [4.78, 5) is 14.5. The maximum atomic E-state index is 12.4. The molecule has 0 aromatic rings. The number of carbonyl (C=O) groups excluding carboxylic acids is 1. The van der Waals surface area contributed by atoms with Crippen molar-refractivity contribution in [2.75, 3.05) is 20.1 Å². The van der Waals surface area contributed by atoms with Crippen LogP contribution in [0.5, 0.6) is 0 Å². The van der Waals surface area contributed by atoms with Gasteiger partial charge in [-0.05, 0) is 45.6 Å². The Labute approximate surface area is 105 Å². The maximum absolute atomic E-state index is 12.4. The number of nitrogens with zero attached hydrogens (tertiary/aromatic N) is 1. The van der Waals surface area contributed by atoms with Gasteiger partial charge in [0.2, 0.25) is 5.91 Å². The van der Waals surface area contributed by atoms with Crippen LogP contribution in [0, 0.1) is 5.92 Å². The summed E-state index contributed by atoms with van der Waals surface area (Å²) in [6.45, 7) is 4.11. The van der Waals surface area contributed by atoms with Crippen LogP contribution < -0.4 is 5.32 Å². The zero-order valence-corrected chi connectivity index (χ0v) is 11.3. The standard InChI is InChI=1S/C14H26N2O/c1-14(11-15-2)8-5-9-16(14)13(17)10-12-6-3-4-7-12/h12,15H,3-11H2,1-2H3. The number of rotatable bonds is 4. The van der Waals surface area contributed by atoms with E-state index in [1.54, 1.807) is 0 Å². The molecule has 1 aliphatic carbocycles. The van der Waals surface area contributed by atoms with Gasteiger partial charge >= 0.3 is 0 Å². The van der Waals surface area contributed by atoms with Gasteiger partial charge in [-0.25, -0.2) is 0 Å². The molecule has 1 heterocycles. The minimum Gasteiger partial charge on any atom is -0.336 e. The molecule has 0 radical (unpaired) electrons. The van der Waals surface area contributed by atoms with Crippen molar-refractivity contribution in [1.82, 2.24) is 10.2 Å². The molecule has 2 fully saturated rings. The van der Waals surface area contributed by atoms with Gasteiger partial charge in [-0.3, -0.25) is 4.79 Å². The Hall–Kier alpha value is -0.570.